The molecule has 0 N–H and O–H groups in total. The molecule has 0 aliphatic carbocycles. The molecule has 0 fully saturated rings. The normalized spacial score (nSPS) is 11.2. The van der Waals surface area contributed by atoms with Gasteiger partial charge in [0.15, 0.2) is 11.4 Å². The molecule has 8 rings (SSSR count). The second kappa shape index (κ2) is 13.0. The van der Waals surface area contributed by atoms with Gasteiger partial charge in [-0.25, -0.2) is 0 Å². The van der Waals surface area contributed by atoms with E-state index in [0.717, 1.165) is 50.6 Å². The summed E-state index contributed by atoms with van der Waals surface area (Å²) in [4.78, 5) is 8.52. The summed E-state index contributed by atoms with van der Waals surface area (Å²) in [5.41, 5.74) is 16.3. The van der Waals surface area contributed by atoms with Crippen molar-refractivity contribution in [3.8, 4) is 56.1 Å². The van der Waals surface area contributed by atoms with Gasteiger partial charge in [-0.05, 0) is 96.8 Å². The number of pyridine rings is 4. The van der Waals surface area contributed by atoms with Crippen LogP contribution in [0.2, 0.25) is 0 Å². The first kappa shape index (κ1) is 31.0. The molecule has 4 aromatic heterocycles. The topological polar surface area (TPSA) is 33.5 Å². The third-order valence-corrected chi connectivity index (χ3v) is 9.58. The van der Waals surface area contributed by atoms with E-state index in [0.29, 0.717) is 0 Å². The Balaban J connectivity index is 1.41. The highest BCUT2D eigenvalue weighted by Crippen LogP contribution is 2.33. The molecule has 0 saturated heterocycles. The van der Waals surface area contributed by atoms with E-state index in [2.05, 4.69) is 180 Å². The number of hydrogen-bond donors (Lipinski definition) is 0. The number of benzene rings is 4. The van der Waals surface area contributed by atoms with Crippen molar-refractivity contribution in [1.82, 2.24) is 9.97 Å². The number of hydrogen-bond acceptors (Lipinski definition) is 2. The lowest BCUT2D eigenvalue weighted by atomic mass is 9.97. The van der Waals surface area contributed by atoms with Gasteiger partial charge in [0.05, 0.1) is 10.8 Å². The monoisotopic (exact) mass is 646 g/mol. The van der Waals surface area contributed by atoms with Crippen LogP contribution in [0.5, 0.6) is 0 Å². The average Bonchev–Trinajstić information content (AvgIpc) is 3.15. The molecule has 0 aliphatic heterocycles. The van der Waals surface area contributed by atoms with Crippen molar-refractivity contribution < 1.29 is 9.13 Å². The average molecular weight is 647 g/mol. The van der Waals surface area contributed by atoms with Gasteiger partial charge in [-0.15, -0.1) is 0 Å². The second-order valence-corrected chi connectivity index (χ2v) is 13.1. The lowest BCUT2D eigenvalue weighted by Gasteiger charge is -2.15. The Bertz CT molecular complexity index is 2400. The molecule has 0 unspecified atom stereocenters. The smallest absolute Gasteiger partial charge is 0.219 e. The Morgan fingerprint density at radius 2 is 0.760 bits per heavy atom. The SMILES string of the molecule is Cc1ccc(-c2cc(-c3ccncc3)cc(-c3ccc(C)cc3)[n+]2-c2cccc3c(-[n+]4c(C)cc(-c5ccncc5)cc4C)cccc23)cc1. The summed E-state index contributed by atoms with van der Waals surface area (Å²) in [5.74, 6) is 0. The fourth-order valence-corrected chi connectivity index (χ4v) is 7.10. The van der Waals surface area contributed by atoms with Crippen LogP contribution in [0.15, 0.2) is 158 Å². The van der Waals surface area contributed by atoms with E-state index in [1.54, 1.807) is 0 Å². The Morgan fingerprint density at radius 3 is 1.20 bits per heavy atom. The maximum atomic E-state index is 4.31. The first-order chi connectivity index (χ1) is 24.4. The van der Waals surface area contributed by atoms with Crippen LogP contribution in [0.1, 0.15) is 22.5 Å². The number of nitrogens with zero attached hydrogens (tertiary/aromatic N) is 4. The molecular formula is C46H38N4+2. The van der Waals surface area contributed by atoms with Gasteiger partial charge in [-0.1, -0.05) is 47.5 Å². The van der Waals surface area contributed by atoms with E-state index in [4.69, 9.17) is 0 Å². The number of rotatable bonds is 6. The minimum atomic E-state index is 1.12. The molecule has 0 atom stereocenters. The van der Waals surface area contributed by atoms with Crippen LogP contribution in [0.3, 0.4) is 0 Å². The van der Waals surface area contributed by atoms with Crippen LogP contribution < -0.4 is 9.13 Å². The molecule has 0 spiro atoms. The molecule has 4 heteroatoms. The molecule has 50 heavy (non-hydrogen) atoms. The predicted octanol–water partition coefficient (Wildman–Crippen LogP) is 10.1. The molecule has 4 nitrogen and oxygen atoms in total. The maximum absolute atomic E-state index is 4.31. The van der Waals surface area contributed by atoms with Crippen molar-refractivity contribution in [2.45, 2.75) is 27.7 Å². The van der Waals surface area contributed by atoms with E-state index >= 15 is 0 Å². The van der Waals surface area contributed by atoms with Crippen LogP contribution in [0.4, 0.5) is 0 Å². The quantitative estimate of drug-likeness (QED) is 0.169. The standard InChI is InChI=1S/C46H38N4/c1-31-11-15-37(16-12-31)45-29-40(36-21-25-48-26-22-36)30-46(38-17-13-32(2)14-18-38)50(45)44-10-6-7-41-42(44)8-5-9-43(41)49-33(3)27-39(28-34(49)4)35-19-23-47-24-20-35/h5-30H,1-4H3/q+2. The molecule has 8 aromatic rings. The van der Waals surface area contributed by atoms with Crippen molar-refractivity contribution in [1.29, 1.82) is 0 Å². The van der Waals surface area contributed by atoms with Crippen molar-refractivity contribution in [3.63, 3.8) is 0 Å². The summed E-state index contributed by atoms with van der Waals surface area (Å²) < 4.78 is 4.82. The van der Waals surface area contributed by atoms with E-state index in [-0.39, 0.29) is 0 Å². The summed E-state index contributed by atoms with van der Waals surface area (Å²) in [5, 5.41) is 2.37. The first-order valence-electron chi connectivity index (χ1n) is 17.1. The summed E-state index contributed by atoms with van der Waals surface area (Å²) in [6, 6.07) is 48.6. The number of aromatic nitrogens is 4. The van der Waals surface area contributed by atoms with E-state index in [1.807, 2.05) is 24.8 Å². The predicted molar refractivity (Wildman–Crippen MR) is 203 cm³/mol. The highest BCUT2D eigenvalue weighted by Gasteiger charge is 2.28. The Hall–Kier alpha value is -6.26. The van der Waals surface area contributed by atoms with Crippen LogP contribution in [-0.2, 0) is 0 Å². The maximum Gasteiger partial charge on any atom is 0.219 e. The summed E-state index contributed by atoms with van der Waals surface area (Å²) >= 11 is 0. The third kappa shape index (κ3) is 5.75. The summed E-state index contributed by atoms with van der Waals surface area (Å²) in [6.45, 7) is 8.66. The summed E-state index contributed by atoms with van der Waals surface area (Å²) in [7, 11) is 0. The number of aryl methyl sites for hydroxylation is 4. The van der Waals surface area contributed by atoms with Gasteiger partial charge < -0.3 is 0 Å². The Morgan fingerprint density at radius 1 is 0.360 bits per heavy atom. The van der Waals surface area contributed by atoms with Crippen molar-refractivity contribution >= 4 is 10.8 Å². The highest BCUT2D eigenvalue weighted by atomic mass is 15.0. The number of fused-ring (bicyclic) bond motifs is 1. The molecule has 0 radical (unpaired) electrons. The van der Waals surface area contributed by atoms with Crippen molar-refractivity contribution in [3.05, 3.63) is 181 Å². The van der Waals surface area contributed by atoms with Gasteiger partial charge >= 0.3 is 0 Å². The molecule has 4 aromatic carbocycles. The third-order valence-electron chi connectivity index (χ3n) is 9.58. The van der Waals surface area contributed by atoms with Crippen molar-refractivity contribution in [2.75, 3.05) is 0 Å². The Labute approximate surface area is 293 Å². The molecule has 0 saturated carbocycles. The fraction of sp³-hybridized carbons (Fsp3) is 0.0870. The molecule has 240 valence electrons. The van der Waals surface area contributed by atoms with Crippen LogP contribution in [0, 0.1) is 27.7 Å². The fourth-order valence-electron chi connectivity index (χ4n) is 7.10. The van der Waals surface area contributed by atoms with Crippen LogP contribution in [-0.4, -0.2) is 9.97 Å². The second-order valence-electron chi connectivity index (χ2n) is 13.1. The van der Waals surface area contributed by atoms with E-state index < -0.39 is 0 Å². The highest BCUT2D eigenvalue weighted by molar-refractivity contribution is 5.94. The van der Waals surface area contributed by atoms with Gasteiger partial charge in [0.25, 0.3) is 0 Å². The van der Waals surface area contributed by atoms with Gasteiger partial charge in [-0.2, -0.15) is 9.13 Å². The largest absolute Gasteiger partial charge is 0.265 e. The minimum Gasteiger partial charge on any atom is -0.265 e. The molecule has 4 heterocycles. The molecule has 0 aliphatic rings. The Kier molecular flexibility index (Phi) is 8.06. The zero-order valence-electron chi connectivity index (χ0n) is 28.8. The lowest BCUT2D eigenvalue weighted by Crippen LogP contribution is -2.39. The van der Waals surface area contributed by atoms with Gasteiger partial charge in [-0.3, -0.25) is 9.97 Å². The molecule has 0 amide bonds. The van der Waals surface area contributed by atoms with E-state index in [1.165, 1.54) is 38.9 Å². The van der Waals surface area contributed by atoms with Gasteiger partial charge in [0, 0.05) is 86.2 Å². The molecular weight excluding hydrogens is 609 g/mol. The lowest BCUT2D eigenvalue weighted by molar-refractivity contribution is -0.608. The van der Waals surface area contributed by atoms with E-state index in [9.17, 15) is 0 Å². The van der Waals surface area contributed by atoms with Gasteiger partial charge in [0.2, 0.25) is 22.8 Å². The van der Waals surface area contributed by atoms with Crippen molar-refractivity contribution in [2.24, 2.45) is 0 Å². The van der Waals surface area contributed by atoms with Crippen LogP contribution >= 0.6 is 0 Å². The molecule has 0 bridgehead atoms. The zero-order valence-corrected chi connectivity index (χ0v) is 28.8. The minimum absolute atomic E-state index is 1.12. The zero-order chi connectivity index (χ0) is 34.2. The van der Waals surface area contributed by atoms with Gasteiger partial charge in [0.1, 0.15) is 0 Å². The van der Waals surface area contributed by atoms with Crippen LogP contribution in [0.25, 0.3) is 66.9 Å². The summed E-state index contributed by atoms with van der Waals surface area (Å²) in [6.07, 6.45) is 7.43. The first-order valence-corrected chi connectivity index (χ1v) is 17.1.